The standard InChI is InChI=1S/C12H17NO3S/c1-3-4-11(9-14)13-17(15,16)12-7-5-10(2)6-8-12/h3,5-8,11,13-14H,1,4,9H2,2H3/t11-/m1/s1. The molecule has 1 aromatic rings. The topological polar surface area (TPSA) is 66.4 Å². The highest BCUT2D eigenvalue weighted by Crippen LogP contribution is 2.11. The molecule has 5 heteroatoms. The first-order valence-electron chi connectivity index (χ1n) is 5.30. The number of sulfonamides is 1. The molecule has 17 heavy (non-hydrogen) atoms. The predicted molar refractivity (Wildman–Crippen MR) is 67.2 cm³/mol. The van der Waals surface area contributed by atoms with Gasteiger partial charge in [0.15, 0.2) is 0 Å². The van der Waals surface area contributed by atoms with Gasteiger partial charge in [-0.15, -0.1) is 6.58 Å². The predicted octanol–water partition coefficient (Wildman–Crippen LogP) is 1.21. The van der Waals surface area contributed by atoms with Crippen molar-refractivity contribution in [3.8, 4) is 0 Å². The molecule has 4 nitrogen and oxygen atoms in total. The molecule has 1 atom stereocenters. The fourth-order valence-electron chi connectivity index (χ4n) is 1.37. The van der Waals surface area contributed by atoms with Crippen LogP contribution in [0.15, 0.2) is 41.8 Å². The van der Waals surface area contributed by atoms with Gasteiger partial charge < -0.3 is 5.11 Å². The van der Waals surface area contributed by atoms with Gasteiger partial charge in [-0.25, -0.2) is 13.1 Å². The second-order valence-corrected chi connectivity index (χ2v) is 5.55. The summed E-state index contributed by atoms with van der Waals surface area (Å²) in [5.41, 5.74) is 0.994. The summed E-state index contributed by atoms with van der Waals surface area (Å²) in [5.74, 6) is 0. The van der Waals surface area contributed by atoms with Crippen LogP contribution in [0.1, 0.15) is 12.0 Å². The monoisotopic (exact) mass is 255 g/mol. The quantitative estimate of drug-likeness (QED) is 0.751. The Labute approximate surface area is 102 Å². The zero-order valence-corrected chi connectivity index (χ0v) is 10.6. The van der Waals surface area contributed by atoms with E-state index in [4.69, 9.17) is 5.11 Å². The van der Waals surface area contributed by atoms with Crippen molar-refractivity contribution in [3.05, 3.63) is 42.5 Å². The molecule has 0 bridgehead atoms. The van der Waals surface area contributed by atoms with Crippen LogP contribution in [0.25, 0.3) is 0 Å². The number of aryl methyl sites for hydroxylation is 1. The van der Waals surface area contributed by atoms with Gasteiger partial charge in [0.05, 0.1) is 11.5 Å². The molecule has 0 saturated heterocycles. The number of nitrogens with one attached hydrogen (secondary N) is 1. The maximum absolute atomic E-state index is 11.9. The minimum Gasteiger partial charge on any atom is -0.395 e. The first-order chi connectivity index (χ1) is 7.99. The lowest BCUT2D eigenvalue weighted by Gasteiger charge is -2.14. The van der Waals surface area contributed by atoms with Gasteiger partial charge in [-0.05, 0) is 25.5 Å². The van der Waals surface area contributed by atoms with Crippen LogP contribution in [0.3, 0.4) is 0 Å². The van der Waals surface area contributed by atoms with Gasteiger partial charge in [0.1, 0.15) is 0 Å². The van der Waals surface area contributed by atoms with Crippen LogP contribution in [0.2, 0.25) is 0 Å². The molecule has 0 radical (unpaired) electrons. The zero-order valence-electron chi connectivity index (χ0n) is 9.76. The molecule has 2 N–H and O–H groups in total. The molecule has 0 unspecified atom stereocenters. The summed E-state index contributed by atoms with van der Waals surface area (Å²) in [6.45, 7) is 5.15. The number of aliphatic hydroxyl groups is 1. The maximum atomic E-state index is 11.9. The van der Waals surface area contributed by atoms with E-state index in [1.165, 1.54) is 0 Å². The third kappa shape index (κ3) is 3.96. The van der Waals surface area contributed by atoms with Crippen LogP contribution in [-0.4, -0.2) is 26.2 Å². The number of hydrogen-bond donors (Lipinski definition) is 2. The molecule has 0 aliphatic heterocycles. The van der Waals surface area contributed by atoms with Gasteiger partial charge in [0.25, 0.3) is 0 Å². The molecule has 0 spiro atoms. The lowest BCUT2D eigenvalue weighted by atomic mass is 10.2. The van der Waals surface area contributed by atoms with Crippen LogP contribution in [0.4, 0.5) is 0 Å². The second kappa shape index (κ2) is 5.95. The van der Waals surface area contributed by atoms with Crippen LogP contribution >= 0.6 is 0 Å². The number of hydrogen-bond acceptors (Lipinski definition) is 3. The van der Waals surface area contributed by atoms with Gasteiger partial charge in [-0.1, -0.05) is 23.8 Å². The van der Waals surface area contributed by atoms with Crippen molar-refractivity contribution in [2.45, 2.75) is 24.3 Å². The summed E-state index contributed by atoms with van der Waals surface area (Å²) in [7, 11) is -3.57. The number of rotatable bonds is 6. The van der Waals surface area contributed by atoms with E-state index in [2.05, 4.69) is 11.3 Å². The van der Waals surface area contributed by atoms with Crippen molar-refractivity contribution < 1.29 is 13.5 Å². The maximum Gasteiger partial charge on any atom is 0.240 e. The summed E-state index contributed by atoms with van der Waals surface area (Å²) in [5, 5.41) is 9.04. The van der Waals surface area contributed by atoms with Gasteiger partial charge >= 0.3 is 0 Å². The molecule has 0 fully saturated rings. The Hall–Kier alpha value is -1.17. The van der Waals surface area contributed by atoms with Crippen molar-refractivity contribution >= 4 is 10.0 Å². The number of aliphatic hydroxyl groups excluding tert-OH is 1. The van der Waals surface area contributed by atoms with E-state index >= 15 is 0 Å². The van der Waals surface area contributed by atoms with Crippen molar-refractivity contribution in [1.29, 1.82) is 0 Å². The smallest absolute Gasteiger partial charge is 0.240 e. The fraction of sp³-hybridized carbons (Fsp3) is 0.333. The van der Waals surface area contributed by atoms with E-state index in [-0.39, 0.29) is 11.5 Å². The van der Waals surface area contributed by atoms with Gasteiger partial charge in [0.2, 0.25) is 10.0 Å². The van der Waals surface area contributed by atoms with Gasteiger partial charge in [-0.2, -0.15) is 0 Å². The summed E-state index contributed by atoms with van der Waals surface area (Å²) in [4.78, 5) is 0.200. The second-order valence-electron chi connectivity index (χ2n) is 3.84. The average molecular weight is 255 g/mol. The van der Waals surface area contributed by atoms with Crippen LogP contribution in [0.5, 0.6) is 0 Å². The normalized spacial score (nSPS) is 13.3. The van der Waals surface area contributed by atoms with E-state index < -0.39 is 16.1 Å². The van der Waals surface area contributed by atoms with Crippen molar-refractivity contribution in [2.24, 2.45) is 0 Å². The molecule has 0 aromatic heterocycles. The van der Waals surface area contributed by atoms with Crippen molar-refractivity contribution in [2.75, 3.05) is 6.61 Å². The molecule has 94 valence electrons. The summed E-state index contributed by atoms with van der Waals surface area (Å²) >= 11 is 0. The Morgan fingerprint density at radius 3 is 2.47 bits per heavy atom. The Balaban J connectivity index is 2.87. The fourth-order valence-corrected chi connectivity index (χ4v) is 2.61. The highest BCUT2D eigenvalue weighted by Gasteiger charge is 2.18. The van der Waals surface area contributed by atoms with Crippen LogP contribution < -0.4 is 4.72 Å². The minimum absolute atomic E-state index is 0.200. The van der Waals surface area contributed by atoms with E-state index in [0.717, 1.165) is 5.56 Å². The molecule has 0 aliphatic rings. The Morgan fingerprint density at radius 2 is 2.00 bits per heavy atom. The van der Waals surface area contributed by atoms with E-state index in [9.17, 15) is 8.42 Å². The van der Waals surface area contributed by atoms with E-state index in [1.54, 1.807) is 30.3 Å². The van der Waals surface area contributed by atoms with Crippen LogP contribution in [0, 0.1) is 6.92 Å². The highest BCUT2D eigenvalue weighted by molar-refractivity contribution is 7.89. The van der Waals surface area contributed by atoms with Crippen LogP contribution in [-0.2, 0) is 10.0 Å². The molecule has 0 aliphatic carbocycles. The lowest BCUT2D eigenvalue weighted by Crippen LogP contribution is -2.37. The zero-order chi connectivity index (χ0) is 12.9. The molecule has 0 amide bonds. The molecular formula is C12H17NO3S. The average Bonchev–Trinajstić information content (AvgIpc) is 2.28. The first-order valence-corrected chi connectivity index (χ1v) is 6.78. The SMILES string of the molecule is C=CC[C@H](CO)NS(=O)(=O)c1ccc(C)cc1. The Kier molecular flexibility index (Phi) is 4.86. The van der Waals surface area contributed by atoms with Crippen molar-refractivity contribution in [3.63, 3.8) is 0 Å². The number of benzene rings is 1. The first kappa shape index (κ1) is 13.9. The van der Waals surface area contributed by atoms with E-state index in [1.807, 2.05) is 6.92 Å². The summed E-state index contributed by atoms with van der Waals surface area (Å²) < 4.78 is 26.3. The highest BCUT2D eigenvalue weighted by atomic mass is 32.2. The molecule has 0 heterocycles. The summed E-state index contributed by atoms with van der Waals surface area (Å²) in [6, 6.07) is 6.02. The molecule has 0 saturated carbocycles. The third-order valence-electron chi connectivity index (χ3n) is 2.32. The largest absolute Gasteiger partial charge is 0.395 e. The molecule has 1 aromatic carbocycles. The molecular weight excluding hydrogens is 238 g/mol. The van der Waals surface area contributed by atoms with Gasteiger partial charge in [-0.3, -0.25) is 0 Å². The Bertz CT molecular complexity index is 465. The van der Waals surface area contributed by atoms with Gasteiger partial charge in [0, 0.05) is 6.04 Å². The van der Waals surface area contributed by atoms with E-state index in [0.29, 0.717) is 6.42 Å². The minimum atomic E-state index is -3.57. The Morgan fingerprint density at radius 1 is 1.41 bits per heavy atom. The third-order valence-corrected chi connectivity index (χ3v) is 3.86. The van der Waals surface area contributed by atoms with Crippen molar-refractivity contribution in [1.82, 2.24) is 4.72 Å². The summed E-state index contributed by atoms with van der Waals surface area (Å²) in [6.07, 6.45) is 1.96. The lowest BCUT2D eigenvalue weighted by molar-refractivity contribution is 0.257. The molecule has 1 rings (SSSR count).